The first-order valence-electron chi connectivity index (χ1n) is 9.73. The first kappa shape index (κ1) is 23.6. The van der Waals surface area contributed by atoms with Crippen LogP contribution in [0.2, 0.25) is 0 Å². The summed E-state index contributed by atoms with van der Waals surface area (Å²) < 4.78 is 10.7. The summed E-state index contributed by atoms with van der Waals surface area (Å²) in [4.78, 5) is 15.6. The number of rotatable bonds is 9. The summed E-state index contributed by atoms with van der Waals surface area (Å²) in [5.41, 5.74) is 2.27. The summed E-state index contributed by atoms with van der Waals surface area (Å²) in [7, 11) is 1.40. The standard InChI is InChI=1S/C24H19N3O5S/c1-31-22-19(12-25)21(16-5-7-18(8-6-16)32-10-9-28)20(13-26)23(27-22)33-14-15-3-2-4-17(11-15)24(29)30/h2-8,11,28H,9-10,14H2,1H3,(H,29,30). The maximum absolute atomic E-state index is 11.2. The summed E-state index contributed by atoms with van der Waals surface area (Å²) in [6.07, 6.45) is 0. The molecule has 2 aromatic carbocycles. The number of ether oxygens (including phenoxy) is 2. The van der Waals surface area contributed by atoms with Crippen molar-refractivity contribution in [2.24, 2.45) is 0 Å². The van der Waals surface area contributed by atoms with Gasteiger partial charge in [-0.1, -0.05) is 24.3 Å². The van der Waals surface area contributed by atoms with E-state index in [1.165, 1.54) is 24.9 Å². The van der Waals surface area contributed by atoms with Crippen molar-refractivity contribution in [3.05, 3.63) is 70.8 Å². The van der Waals surface area contributed by atoms with Gasteiger partial charge in [-0.15, -0.1) is 11.8 Å². The van der Waals surface area contributed by atoms with Crippen LogP contribution in [0.1, 0.15) is 27.0 Å². The van der Waals surface area contributed by atoms with E-state index in [0.717, 1.165) is 5.56 Å². The molecule has 2 N–H and O–H groups in total. The van der Waals surface area contributed by atoms with E-state index < -0.39 is 5.97 Å². The normalized spacial score (nSPS) is 10.2. The second-order valence-electron chi connectivity index (χ2n) is 6.67. The van der Waals surface area contributed by atoms with Crippen LogP contribution in [-0.4, -0.2) is 41.5 Å². The fourth-order valence-corrected chi connectivity index (χ4v) is 4.04. The summed E-state index contributed by atoms with van der Waals surface area (Å²) in [5.74, 6) is -0.0234. The lowest BCUT2D eigenvalue weighted by atomic mass is 9.97. The second-order valence-corrected chi connectivity index (χ2v) is 7.63. The topological polar surface area (TPSA) is 136 Å². The van der Waals surface area contributed by atoms with Crippen molar-refractivity contribution >= 4 is 17.7 Å². The number of aromatic carboxylic acids is 1. The third-order valence-corrected chi connectivity index (χ3v) is 5.65. The first-order chi connectivity index (χ1) is 16.0. The molecule has 166 valence electrons. The second kappa shape index (κ2) is 11.0. The van der Waals surface area contributed by atoms with Crippen molar-refractivity contribution in [2.45, 2.75) is 10.8 Å². The highest BCUT2D eigenvalue weighted by molar-refractivity contribution is 7.98. The molecule has 0 atom stereocenters. The number of aliphatic hydroxyl groups is 1. The van der Waals surface area contributed by atoms with Crippen molar-refractivity contribution in [3.63, 3.8) is 0 Å². The number of hydrogen-bond acceptors (Lipinski definition) is 8. The number of pyridine rings is 1. The van der Waals surface area contributed by atoms with Crippen molar-refractivity contribution < 1.29 is 24.5 Å². The molecule has 8 nitrogen and oxygen atoms in total. The molecule has 0 bridgehead atoms. The maximum atomic E-state index is 11.2. The zero-order chi connectivity index (χ0) is 23.8. The average molecular weight is 461 g/mol. The Balaban J connectivity index is 2.04. The Bertz CT molecular complexity index is 1250. The Morgan fingerprint density at radius 2 is 1.85 bits per heavy atom. The number of nitrogens with zero attached hydrogens (tertiary/aromatic N) is 3. The highest BCUT2D eigenvalue weighted by Crippen LogP contribution is 2.38. The fraction of sp³-hybridized carbons (Fsp3) is 0.167. The van der Waals surface area contributed by atoms with E-state index in [1.807, 2.05) is 0 Å². The van der Waals surface area contributed by atoms with Crippen molar-refractivity contribution in [2.75, 3.05) is 20.3 Å². The quantitative estimate of drug-likeness (QED) is 0.455. The van der Waals surface area contributed by atoms with Gasteiger partial charge in [0.15, 0.2) is 0 Å². The van der Waals surface area contributed by atoms with Gasteiger partial charge in [-0.2, -0.15) is 10.5 Å². The molecule has 0 spiro atoms. The van der Waals surface area contributed by atoms with Gasteiger partial charge >= 0.3 is 5.97 Å². The van der Waals surface area contributed by atoms with Crippen molar-refractivity contribution in [1.82, 2.24) is 4.98 Å². The number of aromatic nitrogens is 1. The Hall–Kier alpha value is -4.05. The molecule has 0 aliphatic heterocycles. The molecule has 0 aliphatic rings. The molecule has 1 heterocycles. The van der Waals surface area contributed by atoms with Gasteiger partial charge in [0.05, 0.1) is 24.8 Å². The molecular formula is C24H19N3O5S. The number of hydrogen-bond donors (Lipinski definition) is 2. The van der Waals surface area contributed by atoms with Crippen molar-refractivity contribution in [3.8, 4) is 34.9 Å². The minimum absolute atomic E-state index is 0.0916. The first-order valence-corrected chi connectivity index (χ1v) is 10.7. The number of aliphatic hydroxyl groups excluding tert-OH is 1. The predicted molar refractivity (Wildman–Crippen MR) is 121 cm³/mol. The predicted octanol–water partition coefficient (Wildman–Crippen LogP) is 3.86. The van der Waals surface area contributed by atoms with Crippen LogP contribution in [0.5, 0.6) is 11.6 Å². The fourth-order valence-electron chi connectivity index (χ4n) is 3.12. The lowest BCUT2D eigenvalue weighted by Crippen LogP contribution is -2.03. The van der Waals surface area contributed by atoms with Crippen LogP contribution in [0.25, 0.3) is 11.1 Å². The number of carbonyl (C=O) groups is 1. The number of methoxy groups -OCH3 is 1. The lowest BCUT2D eigenvalue weighted by Gasteiger charge is -2.14. The van der Waals surface area contributed by atoms with Crippen LogP contribution in [-0.2, 0) is 5.75 Å². The Labute approximate surface area is 194 Å². The SMILES string of the molecule is COc1nc(SCc2cccc(C(=O)O)c2)c(C#N)c(-c2ccc(OCCO)cc2)c1C#N. The van der Waals surface area contributed by atoms with Gasteiger partial charge in [-0.3, -0.25) is 0 Å². The monoisotopic (exact) mass is 461 g/mol. The number of nitriles is 2. The number of thioether (sulfide) groups is 1. The van der Waals surface area contributed by atoms with Gasteiger partial charge in [0.25, 0.3) is 0 Å². The van der Waals surface area contributed by atoms with E-state index in [-0.39, 0.29) is 35.8 Å². The molecule has 0 amide bonds. The highest BCUT2D eigenvalue weighted by atomic mass is 32.2. The smallest absolute Gasteiger partial charge is 0.335 e. The zero-order valence-electron chi connectivity index (χ0n) is 17.6. The third-order valence-electron chi connectivity index (χ3n) is 4.60. The van der Waals surface area contributed by atoms with E-state index in [0.29, 0.717) is 27.7 Å². The maximum Gasteiger partial charge on any atom is 0.335 e. The van der Waals surface area contributed by atoms with Crippen molar-refractivity contribution in [1.29, 1.82) is 10.5 Å². The van der Waals surface area contributed by atoms with Crippen LogP contribution >= 0.6 is 11.8 Å². The molecule has 3 aromatic rings. The summed E-state index contributed by atoms with van der Waals surface area (Å²) in [6, 6.07) is 17.6. The molecule has 0 fully saturated rings. The van der Waals surface area contributed by atoms with E-state index in [9.17, 15) is 20.4 Å². The van der Waals surface area contributed by atoms with E-state index in [1.54, 1.807) is 42.5 Å². The van der Waals surface area contributed by atoms with Crippen LogP contribution in [0, 0.1) is 22.7 Å². The molecular weight excluding hydrogens is 442 g/mol. The van der Waals surface area contributed by atoms with Crippen LogP contribution in [0.4, 0.5) is 0 Å². The zero-order valence-corrected chi connectivity index (χ0v) is 18.4. The average Bonchev–Trinajstić information content (AvgIpc) is 2.85. The number of benzene rings is 2. The third kappa shape index (κ3) is 5.42. The molecule has 0 radical (unpaired) electrons. The summed E-state index contributed by atoms with van der Waals surface area (Å²) >= 11 is 1.25. The summed E-state index contributed by atoms with van der Waals surface area (Å²) in [6.45, 7) is 0.0373. The largest absolute Gasteiger partial charge is 0.491 e. The highest BCUT2D eigenvalue weighted by Gasteiger charge is 2.22. The minimum atomic E-state index is -1.02. The summed E-state index contributed by atoms with van der Waals surface area (Å²) in [5, 5.41) is 38.2. The molecule has 0 unspecified atom stereocenters. The number of carboxylic acid groups (broad SMARTS) is 1. The molecule has 33 heavy (non-hydrogen) atoms. The molecule has 1 aromatic heterocycles. The van der Waals surface area contributed by atoms with Crippen LogP contribution < -0.4 is 9.47 Å². The van der Waals surface area contributed by atoms with E-state index in [2.05, 4.69) is 17.1 Å². The van der Waals surface area contributed by atoms with Gasteiger partial charge < -0.3 is 19.7 Å². The van der Waals surface area contributed by atoms with Gasteiger partial charge in [0.1, 0.15) is 35.1 Å². The molecule has 3 rings (SSSR count). The van der Waals surface area contributed by atoms with Gasteiger partial charge in [0, 0.05) is 11.3 Å². The Morgan fingerprint density at radius 1 is 1.12 bits per heavy atom. The van der Waals surface area contributed by atoms with Gasteiger partial charge in [0.2, 0.25) is 5.88 Å². The van der Waals surface area contributed by atoms with E-state index in [4.69, 9.17) is 14.6 Å². The van der Waals surface area contributed by atoms with Gasteiger partial charge in [-0.05, 0) is 35.4 Å². The lowest BCUT2D eigenvalue weighted by molar-refractivity contribution is 0.0696. The molecule has 9 heteroatoms. The number of carboxylic acids is 1. The Kier molecular flexibility index (Phi) is 7.87. The minimum Gasteiger partial charge on any atom is -0.491 e. The van der Waals surface area contributed by atoms with E-state index >= 15 is 0 Å². The molecule has 0 saturated carbocycles. The van der Waals surface area contributed by atoms with Crippen LogP contribution in [0.3, 0.4) is 0 Å². The molecule has 0 saturated heterocycles. The van der Waals surface area contributed by atoms with Gasteiger partial charge in [-0.25, -0.2) is 9.78 Å². The van der Waals surface area contributed by atoms with Crippen LogP contribution in [0.15, 0.2) is 53.6 Å². The molecule has 0 aliphatic carbocycles. The Morgan fingerprint density at radius 3 is 2.45 bits per heavy atom.